The second-order valence-electron chi connectivity index (χ2n) is 6.34. The molecule has 2 aromatic carbocycles. The lowest BCUT2D eigenvalue weighted by molar-refractivity contribution is 0.0289. The number of benzene rings is 2. The molecule has 0 N–H and O–H groups in total. The minimum atomic E-state index is -1.04. The molecule has 0 saturated carbocycles. The van der Waals surface area contributed by atoms with Gasteiger partial charge in [-0.1, -0.05) is 11.6 Å². The summed E-state index contributed by atoms with van der Waals surface area (Å²) in [4.78, 5) is 37.1. The predicted octanol–water partition coefficient (Wildman–Crippen LogP) is 3.93. The van der Waals surface area contributed by atoms with E-state index in [2.05, 4.69) is 0 Å². The van der Waals surface area contributed by atoms with Gasteiger partial charge in [-0.25, -0.2) is 4.79 Å². The molecule has 0 radical (unpaired) electrons. The van der Waals surface area contributed by atoms with E-state index in [1.54, 1.807) is 42.5 Å². The number of fused-ring (bicyclic) bond motifs is 1. The smallest absolute Gasteiger partial charge is 0.375 e. The highest BCUT2D eigenvalue weighted by atomic mass is 16.6. The van der Waals surface area contributed by atoms with E-state index in [0.717, 1.165) is 11.6 Å². The van der Waals surface area contributed by atoms with Crippen molar-refractivity contribution < 1.29 is 23.5 Å². The number of carbonyl (C=O) groups excluding carboxylic acids is 2. The quantitative estimate of drug-likeness (QED) is 0.476. The summed E-state index contributed by atoms with van der Waals surface area (Å²) in [6, 6.07) is 12.7. The van der Waals surface area contributed by atoms with Crippen LogP contribution in [0, 0.1) is 6.92 Å². The Morgan fingerprint density at radius 2 is 1.79 bits per heavy atom. The zero-order valence-electron chi connectivity index (χ0n) is 15.9. The zero-order chi connectivity index (χ0) is 20.3. The van der Waals surface area contributed by atoms with Gasteiger partial charge >= 0.3 is 5.97 Å². The molecule has 3 rings (SSSR count). The summed E-state index contributed by atoms with van der Waals surface area (Å²) in [6.07, 6.45) is -1.04. The maximum Gasteiger partial charge on any atom is 0.375 e. The lowest BCUT2D eigenvalue weighted by atomic mass is 10.1. The molecule has 0 aliphatic rings. The van der Waals surface area contributed by atoms with Gasteiger partial charge in [0.1, 0.15) is 11.3 Å². The summed E-state index contributed by atoms with van der Waals surface area (Å²) in [6.45, 7) is 5.72. The summed E-state index contributed by atoms with van der Waals surface area (Å²) in [5.74, 6) is -0.828. The fourth-order valence-electron chi connectivity index (χ4n) is 2.76. The van der Waals surface area contributed by atoms with Crippen LogP contribution in [0.15, 0.2) is 57.7 Å². The van der Waals surface area contributed by atoms with E-state index in [4.69, 9.17) is 13.9 Å². The Bertz CT molecular complexity index is 1080. The van der Waals surface area contributed by atoms with E-state index < -0.39 is 12.1 Å². The predicted molar refractivity (Wildman–Crippen MR) is 104 cm³/mol. The number of hydrogen-bond acceptors (Lipinski definition) is 6. The van der Waals surface area contributed by atoms with E-state index >= 15 is 0 Å². The molecular formula is C22H20O6. The van der Waals surface area contributed by atoms with Crippen molar-refractivity contribution >= 4 is 22.7 Å². The van der Waals surface area contributed by atoms with Crippen LogP contribution in [-0.2, 0) is 4.74 Å². The summed E-state index contributed by atoms with van der Waals surface area (Å²) >= 11 is 0. The van der Waals surface area contributed by atoms with Gasteiger partial charge in [-0.3, -0.25) is 9.59 Å². The number of aryl methyl sites for hydroxylation is 1. The Balaban J connectivity index is 1.76. The van der Waals surface area contributed by atoms with Crippen molar-refractivity contribution in [3.05, 3.63) is 75.6 Å². The Labute approximate surface area is 161 Å². The molecule has 3 aromatic rings. The van der Waals surface area contributed by atoms with E-state index in [9.17, 15) is 14.4 Å². The van der Waals surface area contributed by atoms with Crippen molar-refractivity contribution in [2.24, 2.45) is 0 Å². The van der Waals surface area contributed by atoms with Crippen LogP contribution in [0.5, 0.6) is 5.75 Å². The van der Waals surface area contributed by atoms with Crippen molar-refractivity contribution in [2.75, 3.05) is 6.61 Å². The van der Waals surface area contributed by atoms with Gasteiger partial charge < -0.3 is 13.9 Å². The molecule has 0 aliphatic heterocycles. The van der Waals surface area contributed by atoms with Crippen molar-refractivity contribution in [1.29, 1.82) is 0 Å². The molecule has 0 fully saturated rings. The Morgan fingerprint density at radius 3 is 2.46 bits per heavy atom. The van der Waals surface area contributed by atoms with Gasteiger partial charge in [0.05, 0.1) is 12.0 Å². The van der Waals surface area contributed by atoms with Gasteiger partial charge in [-0.2, -0.15) is 0 Å². The molecule has 6 heteroatoms. The van der Waals surface area contributed by atoms with E-state index in [0.29, 0.717) is 23.3 Å². The highest BCUT2D eigenvalue weighted by molar-refractivity contribution is 6.01. The topological polar surface area (TPSA) is 82.8 Å². The molecule has 0 aliphatic carbocycles. The largest absolute Gasteiger partial charge is 0.494 e. The summed E-state index contributed by atoms with van der Waals surface area (Å²) in [7, 11) is 0. The van der Waals surface area contributed by atoms with Gasteiger partial charge in [0.15, 0.2) is 11.5 Å². The first-order chi connectivity index (χ1) is 13.4. The summed E-state index contributed by atoms with van der Waals surface area (Å²) < 4.78 is 16.0. The second-order valence-corrected chi connectivity index (χ2v) is 6.34. The molecule has 6 nitrogen and oxygen atoms in total. The Kier molecular flexibility index (Phi) is 5.59. The minimum absolute atomic E-state index is 0.243. The molecule has 28 heavy (non-hydrogen) atoms. The third kappa shape index (κ3) is 4.11. The van der Waals surface area contributed by atoms with Crippen LogP contribution in [0.1, 0.15) is 40.3 Å². The average Bonchev–Trinajstić information content (AvgIpc) is 2.68. The third-order valence-corrected chi connectivity index (χ3v) is 4.19. The van der Waals surface area contributed by atoms with Gasteiger partial charge in [0.2, 0.25) is 11.5 Å². The van der Waals surface area contributed by atoms with Crippen LogP contribution in [-0.4, -0.2) is 24.5 Å². The number of rotatable bonds is 6. The maximum absolute atomic E-state index is 12.5. The molecule has 1 aromatic heterocycles. The molecule has 0 amide bonds. The van der Waals surface area contributed by atoms with E-state index in [1.807, 2.05) is 13.8 Å². The fourth-order valence-corrected chi connectivity index (χ4v) is 2.76. The first-order valence-corrected chi connectivity index (χ1v) is 8.91. The normalized spacial score (nSPS) is 11.8. The average molecular weight is 380 g/mol. The van der Waals surface area contributed by atoms with Crippen molar-refractivity contribution in [3.8, 4) is 5.75 Å². The highest BCUT2D eigenvalue weighted by Gasteiger charge is 2.22. The van der Waals surface area contributed by atoms with Crippen LogP contribution in [0.3, 0.4) is 0 Å². The molecule has 1 heterocycles. The van der Waals surface area contributed by atoms with Crippen molar-refractivity contribution in [2.45, 2.75) is 26.9 Å². The first-order valence-electron chi connectivity index (χ1n) is 8.91. The molecule has 0 saturated heterocycles. The van der Waals surface area contributed by atoms with Crippen LogP contribution >= 0.6 is 0 Å². The molecule has 144 valence electrons. The van der Waals surface area contributed by atoms with Gasteiger partial charge in [-0.05, 0) is 57.2 Å². The van der Waals surface area contributed by atoms with Crippen LogP contribution < -0.4 is 10.2 Å². The van der Waals surface area contributed by atoms with Crippen LogP contribution in [0.25, 0.3) is 11.0 Å². The van der Waals surface area contributed by atoms with E-state index in [1.165, 1.54) is 6.92 Å². The Morgan fingerprint density at radius 1 is 1.07 bits per heavy atom. The molecule has 0 unspecified atom stereocenters. The minimum Gasteiger partial charge on any atom is -0.494 e. The van der Waals surface area contributed by atoms with Gasteiger partial charge in [0, 0.05) is 11.6 Å². The second kappa shape index (κ2) is 8.08. The molecule has 1 atom stereocenters. The number of Topliss-reactive ketones (excluding diaryl/α,β-unsaturated/α-hetero) is 1. The number of carbonyl (C=O) groups is 2. The SMILES string of the molecule is CCOc1ccc(C(=O)[C@H](C)OC(=O)c2cc(=O)c3cc(C)ccc3o2)cc1. The lowest BCUT2D eigenvalue weighted by Crippen LogP contribution is -2.25. The Hall–Kier alpha value is -3.41. The molecule has 0 spiro atoms. The van der Waals surface area contributed by atoms with Crippen molar-refractivity contribution in [3.63, 3.8) is 0 Å². The third-order valence-electron chi connectivity index (χ3n) is 4.19. The van der Waals surface area contributed by atoms with Crippen LogP contribution in [0.2, 0.25) is 0 Å². The number of ether oxygens (including phenoxy) is 2. The molecule has 0 bridgehead atoms. The standard InChI is InChI=1S/C22H20O6/c1-4-26-16-8-6-15(7-9-16)21(24)14(3)27-22(25)20-12-18(23)17-11-13(2)5-10-19(17)28-20/h5-12,14H,4H2,1-3H3/t14-/m0/s1. The highest BCUT2D eigenvalue weighted by Crippen LogP contribution is 2.17. The fraction of sp³-hybridized carbons (Fsp3) is 0.227. The summed E-state index contributed by atoms with van der Waals surface area (Å²) in [5.41, 5.74) is 1.24. The van der Waals surface area contributed by atoms with Crippen molar-refractivity contribution in [1.82, 2.24) is 0 Å². The monoisotopic (exact) mass is 380 g/mol. The molecular weight excluding hydrogens is 360 g/mol. The van der Waals surface area contributed by atoms with Gasteiger partial charge in [-0.15, -0.1) is 0 Å². The van der Waals surface area contributed by atoms with Gasteiger partial charge in [0.25, 0.3) is 0 Å². The zero-order valence-corrected chi connectivity index (χ0v) is 15.9. The summed E-state index contributed by atoms with van der Waals surface area (Å²) in [5, 5.41) is 0.384. The number of ketones is 1. The first kappa shape index (κ1) is 19.4. The van der Waals surface area contributed by atoms with Crippen LogP contribution in [0.4, 0.5) is 0 Å². The maximum atomic E-state index is 12.5. The lowest BCUT2D eigenvalue weighted by Gasteiger charge is -2.12. The number of esters is 1. The van der Waals surface area contributed by atoms with E-state index in [-0.39, 0.29) is 22.6 Å². The number of hydrogen-bond donors (Lipinski definition) is 0.